The summed E-state index contributed by atoms with van der Waals surface area (Å²) in [5, 5.41) is 14.0. The normalized spacial score (nSPS) is 23.2. The van der Waals surface area contributed by atoms with Crippen LogP contribution >= 0.6 is 27.7 Å². The van der Waals surface area contributed by atoms with Gasteiger partial charge in [-0.05, 0) is 17.7 Å². The van der Waals surface area contributed by atoms with Gasteiger partial charge < -0.3 is 15.2 Å². The Hall–Kier alpha value is 0.480. The molecule has 0 bridgehead atoms. The van der Waals surface area contributed by atoms with E-state index in [4.69, 9.17) is 0 Å². The molecule has 2 rings (SSSR count). The van der Waals surface area contributed by atoms with Crippen LogP contribution < -0.4 is 40.0 Å². The molecule has 1 fully saturated rings. The number of aliphatic carboxylic acids is 1. The van der Waals surface area contributed by atoms with Gasteiger partial charge in [0.25, 0.3) is 0 Å². The molecule has 18 heavy (non-hydrogen) atoms. The number of hydrogen-bond donors (Lipinski definition) is 1. The fourth-order valence-electron chi connectivity index (χ4n) is 1.88. The second-order valence-corrected chi connectivity index (χ2v) is 6.30. The van der Waals surface area contributed by atoms with Gasteiger partial charge in [-0.15, -0.1) is 0 Å². The van der Waals surface area contributed by atoms with E-state index < -0.39 is 5.97 Å². The number of benzene rings is 1. The van der Waals surface area contributed by atoms with Gasteiger partial charge in [0.05, 0.1) is 0 Å². The molecule has 1 aliphatic heterocycles. The summed E-state index contributed by atoms with van der Waals surface area (Å²) in [6.45, 7) is 0.718. The van der Waals surface area contributed by atoms with Crippen LogP contribution in [-0.4, -0.2) is 23.5 Å². The summed E-state index contributed by atoms with van der Waals surface area (Å²) < 4.78 is 1.07. The third-order valence-corrected chi connectivity index (χ3v) is 4.56. The van der Waals surface area contributed by atoms with E-state index in [9.17, 15) is 9.90 Å². The predicted molar refractivity (Wildman–Crippen MR) is 70.8 cm³/mol. The summed E-state index contributed by atoms with van der Waals surface area (Å²) in [7, 11) is 0. The molecule has 2 atom stereocenters. The van der Waals surface area contributed by atoms with Gasteiger partial charge in [-0.25, -0.2) is 0 Å². The van der Waals surface area contributed by atoms with Crippen molar-refractivity contribution < 1.29 is 39.5 Å². The summed E-state index contributed by atoms with van der Waals surface area (Å²) in [4.78, 5) is 10.5. The molecule has 1 aliphatic rings. The Kier molecular flexibility index (Phi) is 7.28. The molecule has 1 aromatic rings. The quantitative estimate of drug-likeness (QED) is 0.671. The van der Waals surface area contributed by atoms with Crippen LogP contribution in [0.4, 0.5) is 0 Å². The Morgan fingerprint density at radius 1 is 1.56 bits per heavy atom. The van der Waals surface area contributed by atoms with Crippen LogP contribution in [-0.2, 0) is 4.79 Å². The van der Waals surface area contributed by atoms with Gasteiger partial charge in [0.15, 0.2) is 0 Å². The second-order valence-electron chi connectivity index (χ2n) is 4.05. The zero-order chi connectivity index (χ0) is 12.3. The molecular formula is C12H13BrNNaO2S. The molecule has 0 aromatic heterocycles. The minimum absolute atomic E-state index is 0. The van der Waals surface area contributed by atoms with E-state index in [1.807, 2.05) is 12.1 Å². The van der Waals surface area contributed by atoms with Crippen molar-refractivity contribution in [1.82, 2.24) is 5.32 Å². The van der Waals surface area contributed by atoms with Crippen LogP contribution in [0.2, 0.25) is 0 Å². The Labute approximate surface area is 142 Å². The Bertz CT molecular complexity index is 411. The Balaban J connectivity index is 0.00000162. The van der Waals surface area contributed by atoms with E-state index in [0.717, 1.165) is 16.8 Å². The molecule has 0 radical (unpaired) electrons. The smallest absolute Gasteiger partial charge is 0.550 e. The topological polar surface area (TPSA) is 52.2 Å². The largest absolute Gasteiger partial charge is 1.00 e. The van der Waals surface area contributed by atoms with Crippen LogP contribution in [0.15, 0.2) is 28.7 Å². The molecule has 92 valence electrons. The molecule has 3 nitrogen and oxygen atoms in total. The zero-order valence-electron chi connectivity index (χ0n) is 10.2. The maximum Gasteiger partial charge on any atom is 1.00 e. The average molecular weight is 338 g/mol. The first-order valence-electron chi connectivity index (χ1n) is 5.45. The number of hydrogen-bond acceptors (Lipinski definition) is 4. The number of thioether (sulfide) groups is 1. The van der Waals surface area contributed by atoms with E-state index >= 15 is 0 Å². The third-order valence-electron chi connectivity index (χ3n) is 2.74. The Morgan fingerprint density at radius 3 is 2.89 bits per heavy atom. The van der Waals surface area contributed by atoms with E-state index in [1.54, 1.807) is 11.8 Å². The van der Waals surface area contributed by atoms with Gasteiger partial charge in [-0.2, -0.15) is 11.8 Å². The molecule has 1 aromatic carbocycles. The van der Waals surface area contributed by atoms with Gasteiger partial charge in [0.2, 0.25) is 0 Å². The predicted octanol–water partition coefficient (Wildman–Crippen LogP) is -1.66. The van der Waals surface area contributed by atoms with Crippen molar-refractivity contribution in [3.8, 4) is 0 Å². The van der Waals surface area contributed by atoms with Gasteiger partial charge in [0.1, 0.15) is 0 Å². The first kappa shape index (κ1) is 16.5. The van der Waals surface area contributed by atoms with Crippen molar-refractivity contribution in [2.24, 2.45) is 0 Å². The van der Waals surface area contributed by atoms with Crippen molar-refractivity contribution in [2.75, 3.05) is 12.3 Å². The molecule has 0 aliphatic carbocycles. The first-order valence-corrected chi connectivity index (χ1v) is 7.29. The molecule has 1 heterocycles. The minimum atomic E-state index is -0.967. The summed E-state index contributed by atoms with van der Waals surface area (Å²) in [5.41, 5.74) is 1.23. The van der Waals surface area contributed by atoms with Crippen molar-refractivity contribution >= 4 is 33.7 Å². The number of nitrogens with one attached hydrogen (secondary N) is 1. The molecular weight excluding hydrogens is 325 g/mol. The zero-order valence-corrected chi connectivity index (χ0v) is 14.6. The van der Waals surface area contributed by atoms with E-state index in [0.29, 0.717) is 6.04 Å². The third kappa shape index (κ3) is 4.87. The van der Waals surface area contributed by atoms with E-state index in [2.05, 4.69) is 33.4 Å². The van der Waals surface area contributed by atoms with Gasteiger partial charge in [0, 0.05) is 40.5 Å². The van der Waals surface area contributed by atoms with E-state index in [-0.39, 0.29) is 41.2 Å². The molecule has 0 spiro atoms. The summed E-state index contributed by atoms with van der Waals surface area (Å²) >= 11 is 5.15. The number of carboxylic acids is 1. The SMILES string of the molecule is O=C([O-])CC1CNC(c2cccc(Br)c2)CS1.[Na+]. The summed E-state index contributed by atoms with van der Waals surface area (Å²) in [6, 6.07) is 8.49. The van der Waals surface area contributed by atoms with Gasteiger partial charge in [-0.1, -0.05) is 28.1 Å². The molecule has 0 amide bonds. The fourth-order valence-corrected chi connectivity index (χ4v) is 3.54. The maximum absolute atomic E-state index is 10.5. The van der Waals surface area contributed by atoms with Crippen molar-refractivity contribution in [3.63, 3.8) is 0 Å². The Morgan fingerprint density at radius 2 is 2.33 bits per heavy atom. The molecule has 0 saturated carbocycles. The number of carboxylic acid groups (broad SMARTS) is 1. The fraction of sp³-hybridized carbons (Fsp3) is 0.417. The maximum atomic E-state index is 10.5. The van der Waals surface area contributed by atoms with Crippen LogP contribution in [0, 0.1) is 0 Å². The van der Waals surface area contributed by atoms with Gasteiger partial charge in [-0.3, -0.25) is 0 Å². The van der Waals surface area contributed by atoms with Gasteiger partial charge >= 0.3 is 29.6 Å². The number of carbonyl (C=O) groups is 1. The molecule has 2 unspecified atom stereocenters. The van der Waals surface area contributed by atoms with Crippen molar-refractivity contribution in [3.05, 3.63) is 34.3 Å². The van der Waals surface area contributed by atoms with Crippen LogP contribution in [0.5, 0.6) is 0 Å². The summed E-state index contributed by atoms with van der Waals surface area (Å²) in [5.74, 6) is -0.0702. The van der Waals surface area contributed by atoms with Crippen LogP contribution in [0.1, 0.15) is 18.0 Å². The minimum Gasteiger partial charge on any atom is -0.550 e. The number of carbonyl (C=O) groups excluding carboxylic acids is 1. The van der Waals surface area contributed by atoms with Crippen LogP contribution in [0.25, 0.3) is 0 Å². The van der Waals surface area contributed by atoms with Crippen molar-refractivity contribution in [1.29, 1.82) is 0 Å². The number of rotatable bonds is 3. The second kappa shape index (κ2) is 7.92. The average Bonchev–Trinajstić information content (AvgIpc) is 2.29. The monoisotopic (exact) mass is 337 g/mol. The van der Waals surface area contributed by atoms with Crippen molar-refractivity contribution in [2.45, 2.75) is 17.7 Å². The molecule has 6 heteroatoms. The first-order chi connectivity index (χ1) is 8.15. The van der Waals surface area contributed by atoms with Crippen LogP contribution in [0.3, 0.4) is 0 Å². The van der Waals surface area contributed by atoms with E-state index in [1.165, 1.54) is 5.56 Å². The number of halogens is 1. The molecule has 1 saturated heterocycles. The standard InChI is InChI=1S/C12H14BrNO2S.Na/c13-9-3-1-2-8(4-9)11-7-17-10(6-14-11)5-12(15)16;/h1-4,10-11,14H,5-7H2,(H,15,16);/q;+1/p-1. The molecule has 1 N–H and O–H groups in total. The summed E-state index contributed by atoms with van der Waals surface area (Å²) in [6.07, 6.45) is 0.128.